The fraction of sp³-hybridized carbons (Fsp3) is 0.211. The van der Waals surface area contributed by atoms with E-state index in [1.807, 2.05) is 18.2 Å². The van der Waals surface area contributed by atoms with Crippen LogP contribution in [0.3, 0.4) is 0 Å². The minimum absolute atomic E-state index is 0.000635. The molecule has 0 saturated carbocycles. The molecule has 3 rings (SSSR count). The highest BCUT2D eigenvalue weighted by Crippen LogP contribution is 2.27. The topological polar surface area (TPSA) is 38.9 Å². The van der Waals surface area contributed by atoms with Crippen LogP contribution in [0.5, 0.6) is 0 Å². The van der Waals surface area contributed by atoms with Crippen LogP contribution in [0, 0.1) is 13.8 Å². The highest BCUT2D eigenvalue weighted by atomic mass is 32.1. The quantitative estimate of drug-likeness (QED) is 0.760. The van der Waals surface area contributed by atoms with E-state index in [2.05, 4.69) is 49.6 Å². The van der Waals surface area contributed by atoms with Crippen LogP contribution in [0.25, 0.3) is 11.3 Å². The van der Waals surface area contributed by atoms with E-state index in [9.17, 15) is 0 Å². The Labute approximate surface area is 135 Å². The van der Waals surface area contributed by atoms with Crippen LogP contribution in [0.4, 0.5) is 0 Å². The molecule has 0 spiro atoms. The number of thiazole rings is 1. The zero-order chi connectivity index (χ0) is 15.5. The first-order valence-corrected chi connectivity index (χ1v) is 8.34. The van der Waals surface area contributed by atoms with Crippen molar-refractivity contribution in [2.75, 3.05) is 0 Å². The van der Waals surface area contributed by atoms with Crippen molar-refractivity contribution in [3.63, 3.8) is 0 Å². The maximum absolute atomic E-state index is 6.29. The van der Waals surface area contributed by atoms with Crippen LogP contribution in [0.2, 0.25) is 0 Å². The number of nitrogens with two attached hydrogens (primary N) is 1. The van der Waals surface area contributed by atoms with E-state index in [1.165, 1.54) is 16.7 Å². The molecule has 2 nitrogen and oxygen atoms in total. The predicted molar refractivity (Wildman–Crippen MR) is 94.1 cm³/mol. The molecule has 0 amide bonds. The fourth-order valence-electron chi connectivity index (χ4n) is 2.64. The highest BCUT2D eigenvalue weighted by Gasteiger charge is 2.11. The van der Waals surface area contributed by atoms with Gasteiger partial charge in [0.25, 0.3) is 0 Å². The molecule has 1 aromatic heterocycles. The van der Waals surface area contributed by atoms with E-state index >= 15 is 0 Å². The van der Waals surface area contributed by atoms with Crippen molar-refractivity contribution in [3.05, 3.63) is 75.6 Å². The van der Waals surface area contributed by atoms with E-state index in [4.69, 9.17) is 10.7 Å². The summed E-state index contributed by atoms with van der Waals surface area (Å²) in [5, 5.41) is 3.22. The molecular formula is C19H20N2S. The molecule has 0 radical (unpaired) electrons. The summed E-state index contributed by atoms with van der Waals surface area (Å²) in [5.74, 6) is 0. The van der Waals surface area contributed by atoms with Gasteiger partial charge in [0, 0.05) is 23.4 Å². The van der Waals surface area contributed by atoms with Crippen molar-refractivity contribution in [1.82, 2.24) is 4.98 Å². The highest BCUT2D eigenvalue weighted by molar-refractivity contribution is 7.09. The van der Waals surface area contributed by atoms with Gasteiger partial charge in [-0.25, -0.2) is 4.98 Å². The third kappa shape index (κ3) is 3.26. The molecule has 0 fully saturated rings. The van der Waals surface area contributed by atoms with Crippen LogP contribution in [-0.4, -0.2) is 4.98 Å². The third-order valence-corrected chi connectivity index (χ3v) is 4.70. The van der Waals surface area contributed by atoms with E-state index in [0.29, 0.717) is 0 Å². The zero-order valence-corrected chi connectivity index (χ0v) is 13.7. The number of hydrogen-bond donors (Lipinski definition) is 1. The lowest BCUT2D eigenvalue weighted by Gasteiger charge is -2.09. The summed E-state index contributed by atoms with van der Waals surface area (Å²) in [6.45, 7) is 4.25. The first kappa shape index (κ1) is 14.9. The lowest BCUT2D eigenvalue weighted by Crippen LogP contribution is -2.12. The number of nitrogens with zero attached hydrogens (tertiary/aromatic N) is 1. The molecule has 1 atom stereocenters. The molecule has 2 N–H and O–H groups in total. The van der Waals surface area contributed by atoms with Gasteiger partial charge >= 0.3 is 0 Å². The summed E-state index contributed by atoms with van der Waals surface area (Å²) >= 11 is 1.69. The molecule has 22 heavy (non-hydrogen) atoms. The fourth-order valence-corrected chi connectivity index (χ4v) is 3.49. The lowest BCUT2D eigenvalue weighted by molar-refractivity contribution is 0.718. The maximum Gasteiger partial charge on any atom is 0.0951 e. The van der Waals surface area contributed by atoms with Gasteiger partial charge < -0.3 is 5.73 Å². The summed E-state index contributed by atoms with van der Waals surface area (Å²) in [5.41, 5.74) is 12.3. The average molecular weight is 308 g/mol. The number of benzene rings is 2. The van der Waals surface area contributed by atoms with E-state index in [1.54, 1.807) is 11.3 Å². The van der Waals surface area contributed by atoms with Crippen LogP contribution in [0.1, 0.15) is 27.7 Å². The number of aromatic nitrogens is 1. The Hall–Kier alpha value is -1.97. The Morgan fingerprint density at radius 1 is 1.09 bits per heavy atom. The molecule has 1 unspecified atom stereocenters. The van der Waals surface area contributed by atoms with Gasteiger partial charge in [0.05, 0.1) is 10.7 Å². The van der Waals surface area contributed by atoms with Crippen molar-refractivity contribution in [2.24, 2.45) is 5.73 Å². The van der Waals surface area contributed by atoms with Gasteiger partial charge in [-0.1, -0.05) is 54.1 Å². The van der Waals surface area contributed by atoms with Gasteiger partial charge in [-0.05, 0) is 25.0 Å². The van der Waals surface area contributed by atoms with Gasteiger partial charge in [0.1, 0.15) is 0 Å². The van der Waals surface area contributed by atoms with E-state index in [0.717, 1.165) is 22.7 Å². The molecule has 1 heterocycles. The van der Waals surface area contributed by atoms with Crippen LogP contribution < -0.4 is 5.73 Å². The largest absolute Gasteiger partial charge is 0.324 e. The Balaban J connectivity index is 1.79. The second-order valence-electron chi connectivity index (χ2n) is 5.67. The summed E-state index contributed by atoms with van der Waals surface area (Å²) < 4.78 is 0. The van der Waals surface area contributed by atoms with Crippen molar-refractivity contribution in [1.29, 1.82) is 0 Å². The number of aryl methyl sites for hydroxylation is 2. The number of rotatable bonds is 4. The Morgan fingerprint density at radius 2 is 1.86 bits per heavy atom. The van der Waals surface area contributed by atoms with Gasteiger partial charge in [-0.15, -0.1) is 11.3 Å². The summed E-state index contributed by atoms with van der Waals surface area (Å²) in [7, 11) is 0. The van der Waals surface area contributed by atoms with Crippen LogP contribution in [-0.2, 0) is 6.42 Å². The molecule has 0 aliphatic rings. The van der Waals surface area contributed by atoms with Gasteiger partial charge in [-0.2, -0.15) is 0 Å². The SMILES string of the molecule is Cc1ccc(-c2csc(CC(N)c3ccccc3)n2)c(C)c1. The monoisotopic (exact) mass is 308 g/mol. The smallest absolute Gasteiger partial charge is 0.0951 e. The second-order valence-corrected chi connectivity index (χ2v) is 6.61. The summed E-state index contributed by atoms with van der Waals surface area (Å²) in [6.07, 6.45) is 0.777. The van der Waals surface area contributed by atoms with E-state index in [-0.39, 0.29) is 6.04 Å². The molecule has 3 heteroatoms. The molecule has 3 aromatic rings. The third-order valence-electron chi connectivity index (χ3n) is 3.83. The van der Waals surface area contributed by atoms with Crippen molar-refractivity contribution >= 4 is 11.3 Å². The minimum Gasteiger partial charge on any atom is -0.324 e. The Bertz CT molecular complexity index is 762. The van der Waals surface area contributed by atoms with E-state index < -0.39 is 0 Å². The van der Waals surface area contributed by atoms with Crippen molar-refractivity contribution < 1.29 is 0 Å². The summed E-state index contributed by atoms with van der Waals surface area (Å²) in [6, 6.07) is 16.7. The van der Waals surface area contributed by atoms with Crippen molar-refractivity contribution in [2.45, 2.75) is 26.3 Å². The first-order valence-electron chi connectivity index (χ1n) is 7.46. The zero-order valence-electron chi connectivity index (χ0n) is 12.9. The molecule has 112 valence electrons. The maximum atomic E-state index is 6.29. The van der Waals surface area contributed by atoms with Crippen molar-refractivity contribution in [3.8, 4) is 11.3 Å². The standard InChI is InChI=1S/C19H20N2S/c1-13-8-9-16(14(2)10-13)18-12-22-19(21-18)11-17(20)15-6-4-3-5-7-15/h3-10,12,17H,11,20H2,1-2H3. The minimum atomic E-state index is -0.000635. The van der Waals surface area contributed by atoms with Crippen LogP contribution in [0.15, 0.2) is 53.9 Å². The molecule has 0 saturated heterocycles. The molecule has 0 bridgehead atoms. The molecule has 2 aromatic carbocycles. The van der Waals surface area contributed by atoms with Gasteiger partial charge in [-0.3, -0.25) is 0 Å². The average Bonchev–Trinajstić information content (AvgIpc) is 2.96. The number of hydrogen-bond acceptors (Lipinski definition) is 3. The molecular weight excluding hydrogens is 288 g/mol. The predicted octanol–water partition coefficient (Wildman–Crippen LogP) is 4.67. The lowest BCUT2D eigenvalue weighted by atomic mass is 10.0. The second kappa shape index (κ2) is 6.42. The van der Waals surface area contributed by atoms with Gasteiger partial charge in [0.15, 0.2) is 0 Å². The summed E-state index contributed by atoms with van der Waals surface area (Å²) in [4.78, 5) is 4.77. The first-order chi connectivity index (χ1) is 10.6. The molecule has 0 aliphatic carbocycles. The molecule has 0 aliphatic heterocycles. The Morgan fingerprint density at radius 3 is 2.59 bits per heavy atom. The van der Waals surface area contributed by atoms with Crippen LogP contribution >= 0.6 is 11.3 Å². The van der Waals surface area contributed by atoms with Gasteiger partial charge in [0.2, 0.25) is 0 Å². The normalized spacial score (nSPS) is 12.3. The Kier molecular flexibility index (Phi) is 4.36.